The van der Waals surface area contributed by atoms with Crippen molar-refractivity contribution in [3.05, 3.63) is 28.4 Å². The number of benzene rings is 1. The maximum absolute atomic E-state index is 6.53. The minimum atomic E-state index is 0.315. The molecule has 3 rings (SSSR count). The first-order chi connectivity index (χ1) is 10.6. The molecule has 1 unspecified atom stereocenters. The van der Waals surface area contributed by atoms with Crippen molar-refractivity contribution in [2.45, 2.75) is 51.7 Å². The second-order valence-electron chi connectivity index (χ2n) is 6.03. The normalized spacial score (nSPS) is 16.4. The van der Waals surface area contributed by atoms with Crippen molar-refractivity contribution in [2.24, 2.45) is 0 Å². The van der Waals surface area contributed by atoms with Gasteiger partial charge in [0, 0.05) is 24.0 Å². The highest BCUT2D eigenvalue weighted by Gasteiger charge is 2.24. The molecule has 120 valence electrons. The number of fused-ring (bicyclic) bond motifs is 1. The smallest absolute Gasteiger partial charge is 0.109 e. The predicted molar refractivity (Wildman–Crippen MR) is 98.6 cm³/mol. The third-order valence-corrected chi connectivity index (χ3v) is 4.90. The molecular weight excluding hydrogens is 413 g/mol. The Labute approximate surface area is 150 Å². The molecule has 2 aromatic rings. The van der Waals surface area contributed by atoms with Crippen molar-refractivity contribution < 1.29 is 3.07 Å². The topological polar surface area (TPSA) is 39.1 Å². The number of hydrogen-bond acceptors (Lipinski definition) is 3. The summed E-state index contributed by atoms with van der Waals surface area (Å²) >= 11 is 8.46. The van der Waals surface area contributed by atoms with Crippen LogP contribution in [0.4, 0.5) is 0 Å². The first kappa shape index (κ1) is 16.5. The number of rotatable bonds is 7. The van der Waals surface area contributed by atoms with Crippen LogP contribution in [-0.2, 0) is 9.61 Å². The zero-order valence-electron chi connectivity index (χ0n) is 12.9. The van der Waals surface area contributed by atoms with Gasteiger partial charge in [-0.05, 0) is 50.8 Å². The lowest BCUT2D eigenvalue weighted by molar-refractivity contribution is 0.390. The summed E-state index contributed by atoms with van der Waals surface area (Å²) in [6, 6.07) is 5.30. The van der Waals surface area contributed by atoms with E-state index in [1.165, 1.54) is 18.4 Å². The highest BCUT2D eigenvalue weighted by atomic mass is 127. The molecule has 0 aliphatic heterocycles. The van der Waals surface area contributed by atoms with Crippen LogP contribution in [0, 0.1) is 6.92 Å². The summed E-state index contributed by atoms with van der Waals surface area (Å²) in [4.78, 5) is 0. The van der Waals surface area contributed by atoms with E-state index < -0.39 is 0 Å². The van der Waals surface area contributed by atoms with Crippen molar-refractivity contribution in [3.63, 3.8) is 0 Å². The molecule has 1 aromatic heterocycles. The van der Waals surface area contributed by atoms with Gasteiger partial charge in [0.1, 0.15) is 23.0 Å². The van der Waals surface area contributed by atoms with Crippen LogP contribution >= 0.6 is 34.6 Å². The third kappa shape index (κ3) is 3.58. The molecule has 0 spiro atoms. The van der Waals surface area contributed by atoms with Crippen molar-refractivity contribution in [1.82, 2.24) is 15.1 Å². The van der Waals surface area contributed by atoms with Crippen LogP contribution in [0.3, 0.4) is 0 Å². The Kier molecular flexibility index (Phi) is 5.27. The highest BCUT2D eigenvalue weighted by Crippen LogP contribution is 2.32. The number of hydrogen-bond donors (Lipinski definition) is 1. The van der Waals surface area contributed by atoms with Crippen LogP contribution in [0.1, 0.15) is 43.5 Å². The molecule has 4 nitrogen and oxygen atoms in total. The second-order valence-corrected chi connectivity index (χ2v) is 7.06. The summed E-state index contributed by atoms with van der Waals surface area (Å²) in [6.45, 7) is 5.80. The van der Waals surface area contributed by atoms with Gasteiger partial charge in [0.05, 0.1) is 22.8 Å². The Morgan fingerprint density at radius 2 is 2.27 bits per heavy atom. The minimum Gasteiger partial charge on any atom is -0.316 e. The van der Waals surface area contributed by atoms with Crippen LogP contribution in [-0.4, -0.2) is 22.4 Å². The number of halogens is 2. The average Bonchev–Trinajstić information content (AvgIpc) is 3.23. The Hall–Kier alpha value is -0.370. The largest absolute Gasteiger partial charge is 0.316 e. The summed E-state index contributed by atoms with van der Waals surface area (Å²) in [5.41, 5.74) is 3.35. The molecule has 1 fully saturated rings. The van der Waals surface area contributed by atoms with Gasteiger partial charge in [0.2, 0.25) is 0 Å². The molecule has 0 amide bonds. The lowest BCUT2D eigenvalue weighted by Gasteiger charge is -2.15. The van der Waals surface area contributed by atoms with E-state index in [1.807, 2.05) is 29.9 Å². The maximum Gasteiger partial charge on any atom is 0.109 e. The van der Waals surface area contributed by atoms with E-state index in [4.69, 9.17) is 14.7 Å². The van der Waals surface area contributed by atoms with E-state index in [-0.39, 0.29) is 0 Å². The van der Waals surface area contributed by atoms with E-state index in [0.29, 0.717) is 12.1 Å². The lowest BCUT2D eigenvalue weighted by Crippen LogP contribution is -2.20. The standard InChI is InChI=1S/C16H21ClIN3O/c1-10(19-13-4-5-13)12-8-14(17)16-11(2)20-21(15(16)9-12)6-3-7-22-18/h8-10,13,19H,3-7H2,1-2H3. The number of aryl methyl sites for hydroxylation is 2. The lowest BCUT2D eigenvalue weighted by atomic mass is 10.1. The number of aromatic nitrogens is 2. The summed E-state index contributed by atoms with van der Waals surface area (Å²) in [5.74, 6) is 0. The fraction of sp³-hybridized carbons (Fsp3) is 0.562. The monoisotopic (exact) mass is 433 g/mol. The van der Waals surface area contributed by atoms with Crippen molar-refractivity contribution in [2.75, 3.05) is 6.61 Å². The van der Waals surface area contributed by atoms with Gasteiger partial charge in [-0.15, -0.1) is 0 Å². The van der Waals surface area contributed by atoms with Crippen LogP contribution in [0.5, 0.6) is 0 Å². The van der Waals surface area contributed by atoms with Gasteiger partial charge >= 0.3 is 0 Å². The van der Waals surface area contributed by atoms with E-state index in [0.717, 1.165) is 41.2 Å². The molecule has 0 radical (unpaired) electrons. The average molecular weight is 434 g/mol. The Balaban J connectivity index is 1.92. The zero-order valence-corrected chi connectivity index (χ0v) is 15.8. The minimum absolute atomic E-state index is 0.315. The van der Waals surface area contributed by atoms with Gasteiger partial charge < -0.3 is 8.38 Å². The van der Waals surface area contributed by atoms with E-state index in [1.54, 1.807) is 0 Å². The number of nitrogens with one attached hydrogen (secondary N) is 1. The molecule has 22 heavy (non-hydrogen) atoms. The fourth-order valence-electron chi connectivity index (χ4n) is 2.85. The van der Waals surface area contributed by atoms with E-state index in [2.05, 4.69) is 34.2 Å². The van der Waals surface area contributed by atoms with Crippen LogP contribution in [0.2, 0.25) is 5.02 Å². The summed E-state index contributed by atoms with van der Waals surface area (Å²) in [6.07, 6.45) is 3.51. The molecule has 6 heteroatoms. The van der Waals surface area contributed by atoms with Gasteiger partial charge in [0.15, 0.2) is 0 Å². The first-order valence-corrected chi connectivity index (χ1v) is 9.02. The summed E-state index contributed by atoms with van der Waals surface area (Å²) < 4.78 is 7.17. The van der Waals surface area contributed by atoms with E-state index >= 15 is 0 Å². The Morgan fingerprint density at radius 3 is 2.95 bits per heavy atom. The molecule has 0 saturated heterocycles. The van der Waals surface area contributed by atoms with Gasteiger partial charge in [-0.2, -0.15) is 5.10 Å². The summed E-state index contributed by atoms with van der Waals surface area (Å²) in [5, 5.41) is 10.1. The molecule has 1 aliphatic carbocycles. The Bertz CT molecular complexity index is 669. The molecular formula is C16H21ClIN3O. The molecule has 1 atom stereocenters. The van der Waals surface area contributed by atoms with E-state index in [9.17, 15) is 0 Å². The Morgan fingerprint density at radius 1 is 1.50 bits per heavy atom. The second kappa shape index (κ2) is 7.03. The number of nitrogens with zero attached hydrogens (tertiary/aromatic N) is 2. The van der Waals surface area contributed by atoms with Crippen LogP contribution in [0.25, 0.3) is 10.9 Å². The van der Waals surface area contributed by atoms with Crippen molar-refractivity contribution in [3.8, 4) is 0 Å². The first-order valence-electron chi connectivity index (χ1n) is 7.76. The van der Waals surface area contributed by atoms with Crippen LogP contribution in [0.15, 0.2) is 12.1 Å². The van der Waals surface area contributed by atoms with Gasteiger partial charge in [-0.1, -0.05) is 11.6 Å². The predicted octanol–water partition coefficient (Wildman–Crippen LogP) is 4.57. The molecule has 0 bridgehead atoms. The molecule has 1 N–H and O–H groups in total. The van der Waals surface area contributed by atoms with Gasteiger partial charge in [-0.25, -0.2) is 0 Å². The highest BCUT2D eigenvalue weighted by molar-refractivity contribution is 14.1. The molecule has 1 saturated carbocycles. The molecule has 1 heterocycles. The summed E-state index contributed by atoms with van der Waals surface area (Å²) in [7, 11) is 0. The zero-order chi connectivity index (χ0) is 15.7. The SMILES string of the molecule is Cc1nn(CCCOI)c2cc(C(C)NC3CC3)cc(Cl)c12. The molecule has 1 aromatic carbocycles. The van der Waals surface area contributed by atoms with Gasteiger partial charge in [-0.3, -0.25) is 4.68 Å². The van der Waals surface area contributed by atoms with Crippen molar-refractivity contribution >= 4 is 45.5 Å². The van der Waals surface area contributed by atoms with Crippen molar-refractivity contribution in [1.29, 1.82) is 0 Å². The van der Waals surface area contributed by atoms with Crippen LogP contribution < -0.4 is 5.32 Å². The third-order valence-electron chi connectivity index (χ3n) is 4.16. The quantitative estimate of drug-likeness (QED) is 0.514. The maximum atomic E-state index is 6.53. The molecule has 1 aliphatic rings. The fourth-order valence-corrected chi connectivity index (χ4v) is 3.52. The van der Waals surface area contributed by atoms with Gasteiger partial charge in [0.25, 0.3) is 0 Å².